The molecule has 2 aromatic carbocycles. The summed E-state index contributed by atoms with van der Waals surface area (Å²) in [6.45, 7) is 6.91. The molecule has 0 aliphatic heterocycles. The third-order valence-corrected chi connectivity index (χ3v) is 5.82. The Hall–Kier alpha value is -2.57. The minimum atomic E-state index is -0.106. The largest absolute Gasteiger partial charge is 0.308 e. The number of amides is 1. The molecular formula is C22H25N3O2S. The number of hydrogen-bond donors (Lipinski definition) is 0. The van der Waals surface area contributed by atoms with E-state index in [0.29, 0.717) is 22.8 Å². The summed E-state index contributed by atoms with van der Waals surface area (Å²) >= 11 is 1.54. The molecule has 6 heteroatoms. The van der Waals surface area contributed by atoms with E-state index in [1.165, 1.54) is 12.5 Å². The number of aryl methyl sites for hydroxylation is 2. The zero-order valence-electron chi connectivity index (χ0n) is 16.9. The van der Waals surface area contributed by atoms with Gasteiger partial charge in [0.1, 0.15) is 0 Å². The van der Waals surface area contributed by atoms with Gasteiger partial charge in [0.2, 0.25) is 0 Å². The molecule has 146 valence electrons. The third kappa shape index (κ3) is 4.29. The molecule has 0 saturated carbocycles. The highest BCUT2D eigenvalue weighted by atomic mass is 32.1. The number of anilines is 1. The van der Waals surface area contributed by atoms with Gasteiger partial charge in [-0.05, 0) is 64.2 Å². The average molecular weight is 396 g/mol. The zero-order chi connectivity index (χ0) is 20.4. The molecule has 0 saturated heterocycles. The van der Waals surface area contributed by atoms with Crippen LogP contribution >= 0.6 is 11.3 Å². The number of Topliss-reactive ketones (excluding diaryl/α,β-unsaturated/α-hetero) is 1. The quantitative estimate of drug-likeness (QED) is 0.583. The Morgan fingerprint density at radius 3 is 2.25 bits per heavy atom. The van der Waals surface area contributed by atoms with Gasteiger partial charge in [0.15, 0.2) is 10.9 Å². The predicted octanol–water partition coefficient (Wildman–Crippen LogP) is 4.32. The van der Waals surface area contributed by atoms with Crippen molar-refractivity contribution in [2.75, 3.05) is 32.1 Å². The van der Waals surface area contributed by atoms with E-state index < -0.39 is 0 Å². The molecule has 0 aliphatic carbocycles. The highest BCUT2D eigenvalue weighted by molar-refractivity contribution is 7.22. The van der Waals surface area contributed by atoms with Gasteiger partial charge in [-0.3, -0.25) is 14.5 Å². The van der Waals surface area contributed by atoms with Crippen molar-refractivity contribution >= 4 is 38.4 Å². The molecule has 0 radical (unpaired) electrons. The second-order valence-electron chi connectivity index (χ2n) is 7.32. The van der Waals surface area contributed by atoms with Crippen molar-refractivity contribution < 1.29 is 9.59 Å². The molecular weight excluding hydrogens is 370 g/mol. The van der Waals surface area contributed by atoms with Gasteiger partial charge >= 0.3 is 0 Å². The normalized spacial score (nSPS) is 11.2. The van der Waals surface area contributed by atoms with Crippen molar-refractivity contribution in [2.45, 2.75) is 20.8 Å². The summed E-state index contributed by atoms with van der Waals surface area (Å²) < 4.78 is 1.11. The number of carbonyl (C=O) groups is 2. The monoisotopic (exact) mass is 395 g/mol. The maximum atomic E-state index is 13.3. The van der Waals surface area contributed by atoms with Crippen LogP contribution in [0.1, 0.15) is 38.8 Å². The van der Waals surface area contributed by atoms with E-state index in [-0.39, 0.29) is 11.7 Å². The first kappa shape index (κ1) is 20.2. The van der Waals surface area contributed by atoms with Crippen LogP contribution < -0.4 is 4.90 Å². The minimum Gasteiger partial charge on any atom is -0.308 e. The molecule has 28 heavy (non-hydrogen) atoms. The average Bonchev–Trinajstić information content (AvgIpc) is 3.05. The minimum absolute atomic E-state index is 0.0134. The van der Waals surface area contributed by atoms with Gasteiger partial charge in [0, 0.05) is 24.2 Å². The molecule has 0 N–H and O–H groups in total. The first-order valence-electron chi connectivity index (χ1n) is 9.21. The summed E-state index contributed by atoms with van der Waals surface area (Å²) in [4.78, 5) is 33.3. The van der Waals surface area contributed by atoms with E-state index in [0.717, 1.165) is 22.3 Å². The number of carbonyl (C=O) groups excluding carboxylic acids is 2. The van der Waals surface area contributed by atoms with Crippen LogP contribution in [0.15, 0.2) is 36.4 Å². The fraction of sp³-hybridized carbons (Fsp3) is 0.318. The first-order valence-corrected chi connectivity index (χ1v) is 10.0. The van der Waals surface area contributed by atoms with Gasteiger partial charge < -0.3 is 4.90 Å². The molecule has 5 nitrogen and oxygen atoms in total. The lowest BCUT2D eigenvalue weighted by Crippen LogP contribution is -2.36. The van der Waals surface area contributed by atoms with Crippen LogP contribution in [0.4, 0.5) is 5.13 Å². The fourth-order valence-electron chi connectivity index (χ4n) is 3.07. The van der Waals surface area contributed by atoms with E-state index in [2.05, 4.69) is 26.0 Å². The lowest BCUT2D eigenvalue weighted by atomic mass is 10.1. The number of aromatic nitrogens is 1. The first-order chi connectivity index (χ1) is 13.3. The molecule has 0 bridgehead atoms. The Morgan fingerprint density at radius 2 is 1.64 bits per heavy atom. The SMILES string of the molecule is CC(=O)c1ccc(C(=O)N(CCN(C)C)c2nc3cc(C)cc(C)c3s2)cc1. The molecule has 0 aliphatic rings. The number of ketones is 1. The number of nitrogens with zero attached hydrogens (tertiary/aromatic N) is 3. The number of fused-ring (bicyclic) bond motifs is 1. The maximum Gasteiger partial charge on any atom is 0.260 e. The van der Waals surface area contributed by atoms with Gasteiger partial charge in [-0.15, -0.1) is 0 Å². The Labute approximate surface area is 169 Å². The topological polar surface area (TPSA) is 53.5 Å². The van der Waals surface area contributed by atoms with Crippen LogP contribution in [0.25, 0.3) is 10.2 Å². The summed E-state index contributed by atoms with van der Waals surface area (Å²) in [7, 11) is 3.96. The Bertz CT molecular complexity index is 1020. The van der Waals surface area contributed by atoms with Crippen LogP contribution in [0.3, 0.4) is 0 Å². The van der Waals surface area contributed by atoms with Crippen LogP contribution in [0, 0.1) is 13.8 Å². The van der Waals surface area contributed by atoms with E-state index in [1.807, 2.05) is 19.0 Å². The lowest BCUT2D eigenvalue weighted by Gasteiger charge is -2.22. The van der Waals surface area contributed by atoms with Crippen molar-refractivity contribution in [2.24, 2.45) is 0 Å². The summed E-state index contributed by atoms with van der Waals surface area (Å²) in [5.74, 6) is -0.120. The lowest BCUT2D eigenvalue weighted by molar-refractivity contribution is 0.0981. The molecule has 1 heterocycles. The predicted molar refractivity (Wildman–Crippen MR) is 116 cm³/mol. The van der Waals surface area contributed by atoms with E-state index in [4.69, 9.17) is 4.98 Å². The summed E-state index contributed by atoms with van der Waals surface area (Å²) in [5, 5.41) is 0.700. The second kappa shape index (κ2) is 8.20. The molecule has 3 rings (SSSR count). The number of likely N-dealkylation sites (N-methyl/N-ethyl adjacent to an activating group) is 1. The van der Waals surface area contributed by atoms with Crippen LogP contribution in [-0.2, 0) is 0 Å². The van der Waals surface area contributed by atoms with Gasteiger partial charge in [0.05, 0.1) is 10.2 Å². The summed E-state index contributed by atoms with van der Waals surface area (Å²) in [6, 6.07) is 11.0. The molecule has 3 aromatic rings. The van der Waals surface area contributed by atoms with Gasteiger partial charge in [0.25, 0.3) is 5.91 Å². The van der Waals surface area contributed by atoms with E-state index in [1.54, 1.807) is 40.5 Å². The van der Waals surface area contributed by atoms with Gasteiger partial charge in [-0.1, -0.05) is 29.5 Å². The van der Waals surface area contributed by atoms with Gasteiger partial charge in [-0.25, -0.2) is 4.98 Å². The van der Waals surface area contributed by atoms with Crippen LogP contribution in [0.5, 0.6) is 0 Å². The number of benzene rings is 2. The Balaban J connectivity index is 1.99. The Kier molecular flexibility index (Phi) is 5.91. The Morgan fingerprint density at radius 1 is 1.00 bits per heavy atom. The van der Waals surface area contributed by atoms with Crippen molar-refractivity contribution in [3.05, 3.63) is 58.7 Å². The number of rotatable bonds is 6. The highest BCUT2D eigenvalue weighted by Gasteiger charge is 2.22. The second-order valence-corrected chi connectivity index (χ2v) is 8.30. The maximum absolute atomic E-state index is 13.3. The molecule has 0 atom stereocenters. The fourth-order valence-corrected chi connectivity index (χ4v) is 4.11. The third-order valence-electron chi connectivity index (χ3n) is 4.59. The molecule has 1 amide bonds. The molecule has 1 aromatic heterocycles. The summed E-state index contributed by atoms with van der Waals surface area (Å²) in [5.41, 5.74) is 4.41. The molecule has 0 fully saturated rings. The van der Waals surface area contributed by atoms with E-state index >= 15 is 0 Å². The zero-order valence-corrected chi connectivity index (χ0v) is 17.8. The molecule has 0 spiro atoms. The van der Waals surface area contributed by atoms with Crippen molar-refractivity contribution in [1.82, 2.24) is 9.88 Å². The number of hydrogen-bond acceptors (Lipinski definition) is 5. The number of thiazole rings is 1. The van der Waals surface area contributed by atoms with Crippen molar-refractivity contribution in [3.63, 3.8) is 0 Å². The van der Waals surface area contributed by atoms with Crippen LogP contribution in [-0.4, -0.2) is 48.8 Å². The smallest absolute Gasteiger partial charge is 0.260 e. The standard InChI is InChI=1S/C22H25N3O2S/c1-14-12-15(2)20-19(13-14)23-22(28-20)25(11-10-24(4)5)21(27)18-8-6-17(7-9-18)16(3)26/h6-9,12-13H,10-11H2,1-5H3. The van der Waals surface area contributed by atoms with Crippen LogP contribution in [0.2, 0.25) is 0 Å². The van der Waals surface area contributed by atoms with Crippen molar-refractivity contribution in [3.8, 4) is 0 Å². The highest BCUT2D eigenvalue weighted by Crippen LogP contribution is 2.32. The van der Waals surface area contributed by atoms with Crippen molar-refractivity contribution in [1.29, 1.82) is 0 Å². The summed E-state index contributed by atoms with van der Waals surface area (Å²) in [6.07, 6.45) is 0. The molecule has 0 unspecified atom stereocenters. The van der Waals surface area contributed by atoms with E-state index in [9.17, 15) is 9.59 Å². The van der Waals surface area contributed by atoms with Gasteiger partial charge in [-0.2, -0.15) is 0 Å².